The number of nitrogens with zero attached hydrogens (tertiary/aromatic N) is 2. The summed E-state index contributed by atoms with van der Waals surface area (Å²) >= 11 is 0. The molecular weight excluding hydrogens is 292 g/mol. The maximum atomic E-state index is 11.7. The van der Waals surface area contributed by atoms with Crippen LogP contribution in [0.25, 0.3) is 5.69 Å². The monoisotopic (exact) mass is 310 g/mol. The molecule has 2 N–H and O–H groups in total. The van der Waals surface area contributed by atoms with E-state index in [1.807, 2.05) is 41.1 Å². The van der Waals surface area contributed by atoms with E-state index in [0.29, 0.717) is 13.1 Å². The van der Waals surface area contributed by atoms with Gasteiger partial charge in [-0.15, -0.1) is 0 Å². The SMILES string of the molecule is O=C(CNCc1ccc(-n2ccnc2)cc1)NCc1ccco1. The van der Waals surface area contributed by atoms with Crippen LogP contribution in [0, 0.1) is 0 Å². The third kappa shape index (κ3) is 4.31. The Bertz CT molecular complexity index is 719. The number of rotatable bonds is 7. The van der Waals surface area contributed by atoms with Crippen LogP contribution in [0.4, 0.5) is 0 Å². The normalized spacial score (nSPS) is 10.6. The second kappa shape index (κ2) is 7.42. The summed E-state index contributed by atoms with van der Waals surface area (Å²) in [5.41, 5.74) is 2.18. The number of amides is 1. The zero-order chi connectivity index (χ0) is 15.9. The molecule has 0 radical (unpaired) electrons. The van der Waals surface area contributed by atoms with Crippen molar-refractivity contribution in [1.82, 2.24) is 20.2 Å². The molecule has 2 heterocycles. The van der Waals surface area contributed by atoms with Crippen molar-refractivity contribution in [3.63, 3.8) is 0 Å². The Hall–Kier alpha value is -2.86. The topological polar surface area (TPSA) is 72.1 Å². The van der Waals surface area contributed by atoms with Gasteiger partial charge in [-0.1, -0.05) is 12.1 Å². The van der Waals surface area contributed by atoms with Crippen LogP contribution in [0.2, 0.25) is 0 Å². The number of nitrogens with one attached hydrogen (secondary N) is 2. The van der Waals surface area contributed by atoms with E-state index in [9.17, 15) is 4.79 Å². The molecule has 0 aliphatic heterocycles. The van der Waals surface area contributed by atoms with Gasteiger partial charge >= 0.3 is 0 Å². The number of carbonyl (C=O) groups is 1. The van der Waals surface area contributed by atoms with Gasteiger partial charge in [-0.3, -0.25) is 4.79 Å². The number of furan rings is 1. The molecule has 1 amide bonds. The van der Waals surface area contributed by atoms with Crippen molar-refractivity contribution in [3.05, 3.63) is 72.7 Å². The molecule has 6 nitrogen and oxygen atoms in total. The molecule has 0 bridgehead atoms. The summed E-state index contributed by atoms with van der Waals surface area (Å²) in [5, 5.41) is 5.92. The van der Waals surface area contributed by atoms with Crippen molar-refractivity contribution in [1.29, 1.82) is 0 Å². The van der Waals surface area contributed by atoms with E-state index in [1.165, 1.54) is 0 Å². The molecule has 118 valence electrons. The van der Waals surface area contributed by atoms with E-state index >= 15 is 0 Å². The fourth-order valence-corrected chi connectivity index (χ4v) is 2.18. The van der Waals surface area contributed by atoms with Crippen molar-refractivity contribution >= 4 is 5.91 Å². The summed E-state index contributed by atoms with van der Waals surface area (Å²) in [5.74, 6) is 0.685. The third-order valence-corrected chi connectivity index (χ3v) is 3.39. The summed E-state index contributed by atoms with van der Waals surface area (Å²) in [7, 11) is 0. The van der Waals surface area contributed by atoms with E-state index in [4.69, 9.17) is 4.42 Å². The summed E-state index contributed by atoms with van der Waals surface area (Å²) in [4.78, 5) is 15.7. The highest BCUT2D eigenvalue weighted by atomic mass is 16.3. The van der Waals surface area contributed by atoms with Crippen LogP contribution in [0.5, 0.6) is 0 Å². The van der Waals surface area contributed by atoms with Crippen molar-refractivity contribution in [2.45, 2.75) is 13.1 Å². The molecule has 1 aromatic carbocycles. The smallest absolute Gasteiger partial charge is 0.234 e. The second-order valence-electron chi connectivity index (χ2n) is 5.10. The number of hydrogen-bond acceptors (Lipinski definition) is 4. The molecule has 0 aliphatic rings. The lowest BCUT2D eigenvalue weighted by Crippen LogP contribution is -2.33. The molecule has 0 saturated carbocycles. The van der Waals surface area contributed by atoms with Crippen LogP contribution in [-0.2, 0) is 17.9 Å². The van der Waals surface area contributed by atoms with Crippen molar-refractivity contribution in [3.8, 4) is 5.69 Å². The molecular formula is C17H18N4O2. The standard InChI is InChI=1S/C17H18N4O2/c22-17(20-11-16-2-1-9-23-16)12-19-10-14-3-5-15(6-4-14)21-8-7-18-13-21/h1-9,13,19H,10-12H2,(H,20,22). The fraction of sp³-hybridized carbons (Fsp3) is 0.176. The highest BCUT2D eigenvalue weighted by Crippen LogP contribution is 2.09. The van der Waals surface area contributed by atoms with Gasteiger partial charge in [-0.25, -0.2) is 4.98 Å². The summed E-state index contributed by atoms with van der Waals surface area (Å²) in [6.07, 6.45) is 7.00. The maximum absolute atomic E-state index is 11.7. The van der Waals surface area contributed by atoms with Crippen molar-refractivity contribution in [2.75, 3.05) is 6.54 Å². The Balaban J connectivity index is 1.41. The molecule has 0 unspecified atom stereocenters. The van der Waals surface area contributed by atoms with Gasteiger partial charge in [-0.05, 0) is 29.8 Å². The van der Waals surface area contributed by atoms with E-state index in [-0.39, 0.29) is 12.5 Å². The van der Waals surface area contributed by atoms with Gasteiger partial charge in [0.05, 0.1) is 25.7 Å². The summed E-state index contributed by atoms with van der Waals surface area (Å²) in [6, 6.07) is 11.7. The molecule has 0 aliphatic carbocycles. The van der Waals surface area contributed by atoms with Crippen molar-refractivity contribution < 1.29 is 9.21 Å². The number of benzene rings is 1. The lowest BCUT2D eigenvalue weighted by molar-refractivity contribution is -0.120. The minimum absolute atomic E-state index is 0.0589. The second-order valence-corrected chi connectivity index (χ2v) is 5.10. The van der Waals surface area contributed by atoms with E-state index in [0.717, 1.165) is 17.0 Å². The van der Waals surface area contributed by atoms with E-state index < -0.39 is 0 Å². The molecule has 0 fully saturated rings. The molecule has 0 atom stereocenters. The van der Waals surface area contributed by atoms with Crippen molar-refractivity contribution in [2.24, 2.45) is 0 Å². The van der Waals surface area contributed by atoms with Crippen LogP contribution in [0.1, 0.15) is 11.3 Å². The first-order chi connectivity index (χ1) is 11.3. The zero-order valence-electron chi connectivity index (χ0n) is 12.6. The quantitative estimate of drug-likeness (QED) is 0.699. The number of imidazole rings is 1. The van der Waals surface area contributed by atoms with Crippen LogP contribution in [-0.4, -0.2) is 22.0 Å². The molecule has 6 heteroatoms. The Kier molecular flexibility index (Phi) is 4.85. The summed E-state index contributed by atoms with van der Waals surface area (Å²) in [6.45, 7) is 1.31. The predicted octanol–water partition coefficient (Wildman–Crippen LogP) is 1.87. The van der Waals surface area contributed by atoms with Crippen LogP contribution in [0.3, 0.4) is 0 Å². The van der Waals surface area contributed by atoms with Gasteiger partial charge in [0.25, 0.3) is 0 Å². The molecule has 3 aromatic rings. The number of hydrogen-bond donors (Lipinski definition) is 2. The van der Waals surface area contributed by atoms with Gasteiger partial charge in [0.2, 0.25) is 5.91 Å². The predicted molar refractivity (Wildman–Crippen MR) is 85.8 cm³/mol. The molecule has 2 aromatic heterocycles. The minimum atomic E-state index is -0.0589. The first-order valence-electron chi connectivity index (χ1n) is 7.38. The lowest BCUT2D eigenvalue weighted by Gasteiger charge is -2.07. The molecule has 0 spiro atoms. The lowest BCUT2D eigenvalue weighted by atomic mass is 10.2. The summed E-state index contributed by atoms with van der Waals surface area (Å²) < 4.78 is 7.10. The van der Waals surface area contributed by atoms with Gasteiger partial charge in [0.15, 0.2) is 0 Å². The highest BCUT2D eigenvalue weighted by Gasteiger charge is 2.02. The Labute approximate surface area is 134 Å². The molecule has 23 heavy (non-hydrogen) atoms. The van der Waals surface area contributed by atoms with Crippen LogP contribution in [0.15, 0.2) is 65.8 Å². The van der Waals surface area contributed by atoms with Gasteiger partial charge < -0.3 is 19.6 Å². The third-order valence-electron chi connectivity index (χ3n) is 3.39. The Morgan fingerprint density at radius 1 is 1.17 bits per heavy atom. The minimum Gasteiger partial charge on any atom is -0.467 e. The fourth-order valence-electron chi connectivity index (χ4n) is 2.18. The maximum Gasteiger partial charge on any atom is 0.234 e. The first-order valence-corrected chi connectivity index (χ1v) is 7.38. The van der Waals surface area contributed by atoms with Crippen LogP contribution >= 0.6 is 0 Å². The van der Waals surface area contributed by atoms with Gasteiger partial charge in [0.1, 0.15) is 5.76 Å². The average molecular weight is 310 g/mol. The number of aromatic nitrogens is 2. The Morgan fingerprint density at radius 2 is 2.04 bits per heavy atom. The van der Waals surface area contributed by atoms with Gasteiger partial charge in [0, 0.05) is 24.6 Å². The average Bonchev–Trinajstić information content (AvgIpc) is 3.27. The first kappa shape index (κ1) is 15.1. The zero-order valence-corrected chi connectivity index (χ0v) is 12.6. The largest absolute Gasteiger partial charge is 0.467 e. The van der Waals surface area contributed by atoms with Gasteiger partial charge in [-0.2, -0.15) is 0 Å². The van der Waals surface area contributed by atoms with Crippen LogP contribution < -0.4 is 10.6 Å². The molecule has 0 saturated heterocycles. The van der Waals surface area contributed by atoms with E-state index in [2.05, 4.69) is 15.6 Å². The highest BCUT2D eigenvalue weighted by molar-refractivity contribution is 5.77. The molecule has 3 rings (SSSR count). The van der Waals surface area contributed by atoms with E-state index in [1.54, 1.807) is 24.9 Å². The Morgan fingerprint density at radius 3 is 2.74 bits per heavy atom. The number of carbonyl (C=O) groups excluding carboxylic acids is 1.